The van der Waals surface area contributed by atoms with Gasteiger partial charge in [-0.3, -0.25) is 4.79 Å². The molecule has 5 heteroatoms. The Balaban J connectivity index is 2.40. The molecule has 0 saturated heterocycles. The molecule has 0 aliphatic heterocycles. The Kier molecular flexibility index (Phi) is 7.05. The van der Waals surface area contributed by atoms with Gasteiger partial charge in [0.15, 0.2) is 6.10 Å². The predicted octanol–water partition coefficient (Wildman–Crippen LogP) is 0.767. The van der Waals surface area contributed by atoms with Crippen LogP contribution >= 0.6 is 0 Å². The van der Waals surface area contributed by atoms with Gasteiger partial charge in [0.05, 0.1) is 21.1 Å². The summed E-state index contributed by atoms with van der Waals surface area (Å²) in [7, 11) is 5.77. The highest BCUT2D eigenvalue weighted by Gasteiger charge is 2.22. The third-order valence-corrected chi connectivity index (χ3v) is 3.13. The van der Waals surface area contributed by atoms with Crippen molar-refractivity contribution in [3.8, 4) is 0 Å². The maximum absolute atomic E-state index is 11.9. The molecule has 0 aliphatic rings. The fourth-order valence-corrected chi connectivity index (χ4v) is 2.27. The number of carbonyl (C=O) groups excluding carboxylic acids is 2. The molecule has 0 N–H and O–H groups in total. The van der Waals surface area contributed by atoms with Crippen molar-refractivity contribution in [3.63, 3.8) is 0 Å². The second kappa shape index (κ2) is 8.54. The van der Waals surface area contributed by atoms with Gasteiger partial charge in [-0.2, -0.15) is 0 Å². The normalized spacial score (nSPS) is 12.7. The van der Waals surface area contributed by atoms with Gasteiger partial charge in [0.1, 0.15) is 6.54 Å². The van der Waals surface area contributed by atoms with Gasteiger partial charge in [-0.05, 0) is 18.4 Å². The molecule has 1 rings (SSSR count). The van der Waals surface area contributed by atoms with Crippen molar-refractivity contribution in [3.05, 3.63) is 35.9 Å². The van der Waals surface area contributed by atoms with Crippen LogP contribution in [0.2, 0.25) is 0 Å². The molecule has 1 aromatic carbocycles. The van der Waals surface area contributed by atoms with Gasteiger partial charge in [0.25, 0.3) is 0 Å². The summed E-state index contributed by atoms with van der Waals surface area (Å²) in [5.74, 6) is -1.55. The second-order valence-electron chi connectivity index (χ2n) is 6.50. The monoisotopic (exact) mass is 307 g/mol. The van der Waals surface area contributed by atoms with Crippen LogP contribution in [0, 0.1) is 0 Å². The van der Waals surface area contributed by atoms with Gasteiger partial charge in [-0.15, -0.1) is 0 Å². The summed E-state index contributed by atoms with van der Waals surface area (Å²) in [5.41, 5.74) is 1.17. The van der Waals surface area contributed by atoms with E-state index in [1.807, 2.05) is 51.5 Å². The highest BCUT2D eigenvalue weighted by atomic mass is 16.5. The second-order valence-corrected chi connectivity index (χ2v) is 6.50. The quantitative estimate of drug-likeness (QED) is 0.499. The molecule has 0 fully saturated rings. The van der Waals surface area contributed by atoms with Crippen LogP contribution in [0.15, 0.2) is 30.3 Å². The van der Waals surface area contributed by atoms with E-state index < -0.39 is 12.1 Å². The summed E-state index contributed by atoms with van der Waals surface area (Å²) in [4.78, 5) is 22.6. The Bertz CT molecular complexity index is 479. The number of aliphatic carboxylic acids is 1. The highest BCUT2D eigenvalue weighted by molar-refractivity contribution is 5.70. The molecule has 0 bridgehead atoms. The maximum Gasteiger partial charge on any atom is 0.306 e. The first kappa shape index (κ1) is 18.2. The molecule has 5 nitrogen and oxygen atoms in total. The SMILES string of the molecule is C[N+](C)(C)CC(CC(=O)[O-])OC(=O)CCCc1ccccc1. The van der Waals surface area contributed by atoms with E-state index >= 15 is 0 Å². The highest BCUT2D eigenvalue weighted by Crippen LogP contribution is 2.09. The van der Waals surface area contributed by atoms with Crippen molar-refractivity contribution in [1.82, 2.24) is 0 Å². The summed E-state index contributed by atoms with van der Waals surface area (Å²) in [5, 5.41) is 10.8. The van der Waals surface area contributed by atoms with Gasteiger partial charge < -0.3 is 19.1 Å². The van der Waals surface area contributed by atoms with E-state index in [9.17, 15) is 14.7 Å². The molecular formula is C17H25NO4. The Morgan fingerprint density at radius 2 is 1.82 bits per heavy atom. The number of carboxylic acids is 1. The van der Waals surface area contributed by atoms with Gasteiger partial charge in [0, 0.05) is 18.8 Å². The van der Waals surface area contributed by atoms with Crippen molar-refractivity contribution in [1.29, 1.82) is 0 Å². The topological polar surface area (TPSA) is 66.4 Å². The zero-order chi connectivity index (χ0) is 16.6. The number of nitrogens with zero attached hydrogens (tertiary/aromatic N) is 1. The Morgan fingerprint density at radius 1 is 1.18 bits per heavy atom. The average molecular weight is 307 g/mol. The molecule has 0 aliphatic carbocycles. The zero-order valence-electron chi connectivity index (χ0n) is 13.6. The Hall–Kier alpha value is -1.88. The summed E-state index contributed by atoms with van der Waals surface area (Å²) < 4.78 is 5.82. The fraction of sp³-hybridized carbons (Fsp3) is 0.529. The van der Waals surface area contributed by atoms with Gasteiger partial charge in [-0.1, -0.05) is 30.3 Å². The summed E-state index contributed by atoms with van der Waals surface area (Å²) in [6, 6.07) is 9.91. The van der Waals surface area contributed by atoms with Crippen molar-refractivity contribution >= 4 is 11.9 Å². The first-order valence-electron chi connectivity index (χ1n) is 7.50. The lowest BCUT2D eigenvalue weighted by Gasteiger charge is -2.29. The van der Waals surface area contributed by atoms with E-state index in [1.54, 1.807) is 0 Å². The van der Waals surface area contributed by atoms with Crippen LogP contribution < -0.4 is 5.11 Å². The van der Waals surface area contributed by atoms with E-state index in [4.69, 9.17) is 4.74 Å². The van der Waals surface area contributed by atoms with Gasteiger partial charge >= 0.3 is 5.97 Å². The number of quaternary nitrogens is 1. The minimum atomic E-state index is -1.20. The van der Waals surface area contributed by atoms with Crippen LogP contribution in [-0.4, -0.2) is 50.2 Å². The largest absolute Gasteiger partial charge is 0.550 e. The number of benzene rings is 1. The number of carboxylic acid groups (broad SMARTS) is 1. The molecule has 1 unspecified atom stereocenters. The molecule has 0 amide bonds. The van der Waals surface area contributed by atoms with Gasteiger partial charge in [-0.25, -0.2) is 0 Å². The molecule has 1 atom stereocenters. The first-order chi connectivity index (χ1) is 10.3. The molecule has 1 aromatic rings. The molecule has 0 aromatic heterocycles. The molecule has 122 valence electrons. The standard InChI is InChI=1S/C17H25NO4/c1-18(2,3)13-15(12-16(19)20)22-17(21)11-7-10-14-8-5-4-6-9-14/h4-6,8-9,15H,7,10-13H2,1-3H3. The lowest BCUT2D eigenvalue weighted by atomic mass is 10.1. The van der Waals surface area contributed by atoms with Crippen molar-refractivity contribution in [2.24, 2.45) is 0 Å². The average Bonchev–Trinajstić information content (AvgIpc) is 2.37. The fourth-order valence-electron chi connectivity index (χ4n) is 2.27. The molecule has 0 saturated carbocycles. The molecule has 22 heavy (non-hydrogen) atoms. The van der Waals surface area contributed by atoms with Gasteiger partial charge in [0.2, 0.25) is 0 Å². The summed E-state index contributed by atoms with van der Waals surface area (Å²) in [6.45, 7) is 0.443. The number of ether oxygens (including phenoxy) is 1. The predicted molar refractivity (Wildman–Crippen MR) is 81.8 cm³/mol. The summed E-state index contributed by atoms with van der Waals surface area (Å²) >= 11 is 0. The zero-order valence-corrected chi connectivity index (χ0v) is 13.6. The van der Waals surface area contributed by atoms with Crippen LogP contribution in [0.4, 0.5) is 0 Å². The molecule has 0 radical (unpaired) electrons. The molecule has 0 heterocycles. The number of rotatable bonds is 9. The van der Waals surface area contributed by atoms with E-state index in [-0.39, 0.29) is 18.8 Å². The number of hydrogen-bond donors (Lipinski definition) is 0. The first-order valence-corrected chi connectivity index (χ1v) is 7.50. The number of aryl methyl sites for hydroxylation is 1. The number of carbonyl (C=O) groups is 2. The van der Waals surface area contributed by atoms with Crippen LogP contribution in [0.1, 0.15) is 24.8 Å². The maximum atomic E-state index is 11.9. The van der Waals surface area contributed by atoms with E-state index in [2.05, 4.69) is 0 Å². The van der Waals surface area contributed by atoms with Crippen molar-refractivity contribution in [2.45, 2.75) is 31.8 Å². The molecule has 0 spiro atoms. The van der Waals surface area contributed by atoms with Crippen molar-refractivity contribution < 1.29 is 23.9 Å². The van der Waals surface area contributed by atoms with Crippen LogP contribution in [-0.2, 0) is 20.7 Å². The van der Waals surface area contributed by atoms with E-state index in [0.29, 0.717) is 17.4 Å². The Labute approximate surface area is 132 Å². The number of likely N-dealkylation sites (N-methyl/N-ethyl adjacent to an activating group) is 1. The molecular weight excluding hydrogens is 282 g/mol. The lowest BCUT2D eigenvalue weighted by molar-refractivity contribution is -0.873. The smallest absolute Gasteiger partial charge is 0.306 e. The van der Waals surface area contributed by atoms with Crippen LogP contribution in [0.25, 0.3) is 0 Å². The lowest BCUT2D eigenvalue weighted by Crippen LogP contribution is -2.45. The van der Waals surface area contributed by atoms with Crippen LogP contribution in [0.5, 0.6) is 0 Å². The summed E-state index contributed by atoms with van der Waals surface area (Å²) in [6.07, 6.45) is 0.867. The third-order valence-electron chi connectivity index (χ3n) is 3.13. The number of hydrogen-bond acceptors (Lipinski definition) is 4. The Morgan fingerprint density at radius 3 is 2.36 bits per heavy atom. The van der Waals surface area contributed by atoms with E-state index in [0.717, 1.165) is 6.42 Å². The minimum Gasteiger partial charge on any atom is -0.550 e. The number of esters is 1. The van der Waals surface area contributed by atoms with Crippen LogP contribution in [0.3, 0.4) is 0 Å². The van der Waals surface area contributed by atoms with E-state index in [1.165, 1.54) is 5.56 Å². The van der Waals surface area contributed by atoms with Crippen molar-refractivity contribution in [2.75, 3.05) is 27.7 Å². The minimum absolute atomic E-state index is 0.264. The third kappa shape index (κ3) is 8.42.